The van der Waals surface area contributed by atoms with Gasteiger partial charge in [0.1, 0.15) is 0 Å². The van der Waals surface area contributed by atoms with E-state index in [1.807, 2.05) is 0 Å². The first kappa shape index (κ1) is 6.79. The zero-order valence-electron chi connectivity index (χ0n) is 3.88. The zero-order valence-corrected chi connectivity index (χ0v) is 5.28. The van der Waals surface area contributed by atoms with Gasteiger partial charge < -0.3 is 9.40 Å². The first-order chi connectivity index (χ1) is 2.89. The summed E-state index contributed by atoms with van der Waals surface area (Å²) in [5, 5.41) is 0. The molecule has 1 rings (SSSR count). The molecule has 0 amide bonds. The number of nitrogens with zero attached hydrogens (tertiary/aromatic N) is 1. The normalized spacial score (nSPS) is 7.57. The second-order valence-electron chi connectivity index (χ2n) is 0.997. The smallest absolute Gasteiger partial charge is 0.0305 e. The van der Waals surface area contributed by atoms with Gasteiger partial charge in [-0.3, -0.25) is 0 Å². The van der Waals surface area contributed by atoms with Crippen molar-refractivity contribution in [2.24, 2.45) is 0 Å². The number of oxazole rings is 1. The average molecular weight is 133 g/mol. The molecule has 2 nitrogen and oxygen atoms in total. The predicted octanol–water partition coefficient (Wildman–Crippen LogP) is 0.781. The molecule has 0 aliphatic rings. The van der Waals surface area contributed by atoms with Crippen LogP contribution in [0.2, 0.25) is 0 Å². The Bertz CT molecular complexity index is 115. The molecule has 0 bridgehead atoms. The van der Waals surface area contributed by atoms with Gasteiger partial charge in [0.2, 0.25) is 0 Å². The molecular formula is C4H4NOV-. The largest absolute Gasteiger partial charge is 0.631 e. The molecule has 0 aliphatic heterocycles. The molecule has 0 N–H and O–H groups in total. The van der Waals surface area contributed by atoms with Gasteiger partial charge in [0.25, 0.3) is 0 Å². The third-order valence-corrected chi connectivity index (χ3v) is 0.506. The molecule has 1 aromatic heterocycles. The quantitative estimate of drug-likeness (QED) is 0.489. The van der Waals surface area contributed by atoms with Gasteiger partial charge in [-0.25, -0.2) is 0 Å². The molecule has 0 saturated carbocycles. The summed E-state index contributed by atoms with van der Waals surface area (Å²) in [4.78, 5) is 3.69. The molecule has 1 aromatic rings. The summed E-state index contributed by atoms with van der Waals surface area (Å²) in [5.74, 6) is 0.662. The second-order valence-corrected chi connectivity index (χ2v) is 0.997. The standard InChI is InChI=1S/C4H4NO.V/c1-4-5-2-3-6-4;/h2H,1H3;/q-1;. The maximum atomic E-state index is 4.60. The fraction of sp³-hybridized carbons (Fsp3) is 0.250. The van der Waals surface area contributed by atoms with Gasteiger partial charge in [-0.1, -0.05) is 13.2 Å². The van der Waals surface area contributed by atoms with Crippen LogP contribution in [-0.4, -0.2) is 4.98 Å². The van der Waals surface area contributed by atoms with Gasteiger partial charge in [0, 0.05) is 24.4 Å². The summed E-state index contributed by atoms with van der Waals surface area (Å²) in [6.07, 6.45) is 3.94. The zero-order chi connectivity index (χ0) is 4.41. The van der Waals surface area contributed by atoms with Crippen molar-refractivity contribution in [2.75, 3.05) is 0 Å². The van der Waals surface area contributed by atoms with Gasteiger partial charge >= 0.3 is 0 Å². The van der Waals surface area contributed by atoms with Crippen LogP contribution in [0.1, 0.15) is 5.89 Å². The molecular weight excluding hydrogens is 129 g/mol. The minimum Gasteiger partial charge on any atom is -0.631 e. The molecule has 0 spiro atoms. The first-order valence-corrected chi connectivity index (χ1v) is 1.68. The fourth-order valence-electron chi connectivity index (χ4n) is 0.255. The summed E-state index contributed by atoms with van der Waals surface area (Å²) in [6, 6.07) is 0. The van der Waals surface area contributed by atoms with E-state index in [2.05, 4.69) is 15.7 Å². The molecule has 1 radical (unpaired) electrons. The molecule has 37 valence electrons. The van der Waals surface area contributed by atoms with Gasteiger partial charge in [0.15, 0.2) is 0 Å². The molecule has 0 saturated heterocycles. The first-order valence-electron chi connectivity index (χ1n) is 1.68. The van der Waals surface area contributed by atoms with E-state index >= 15 is 0 Å². The maximum absolute atomic E-state index is 4.60. The van der Waals surface area contributed by atoms with Gasteiger partial charge in [-0.2, -0.15) is 0 Å². The molecule has 0 unspecified atom stereocenters. The van der Waals surface area contributed by atoms with Crippen molar-refractivity contribution < 1.29 is 23.0 Å². The van der Waals surface area contributed by atoms with Gasteiger partial charge in [-0.05, 0) is 6.20 Å². The Morgan fingerprint density at radius 1 is 1.86 bits per heavy atom. The SMILES string of the molecule is Cc1nc[c-]o1.[V]. The van der Waals surface area contributed by atoms with Crippen molar-refractivity contribution in [1.29, 1.82) is 0 Å². The van der Waals surface area contributed by atoms with E-state index in [4.69, 9.17) is 0 Å². The molecule has 0 aliphatic carbocycles. The van der Waals surface area contributed by atoms with Crippen molar-refractivity contribution >= 4 is 0 Å². The summed E-state index contributed by atoms with van der Waals surface area (Å²) in [7, 11) is 0. The number of rotatable bonds is 0. The third-order valence-electron chi connectivity index (χ3n) is 0.506. The summed E-state index contributed by atoms with van der Waals surface area (Å²) < 4.78 is 4.60. The second kappa shape index (κ2) is 2.89. The van der Waals surface area contributed by atoms with Crippen molar-refractivity contribution in [3.05, 3.63) is 18.4 Å². The summed E-state index contributed by atoms with van der Waals surface area (Å²) in [5.41, 5.74) is 0. The van der Waals surface area contributed by atoms with Crippen molar-refractivity contribution in [3.8, 4) is 0 Å². The predicted molar refractivity (Wildman–Crippen MR) is 20.1 cm³/mol. The Morgan fingerprint density at radius 3 is 2.71 bits per heavy atom. The van der Waals surface area contributed by atoms with Gasteiger partial charge in [0.05, 0.1) is 0 Å². The Kier molecular flexibility index (Phi) is 2.80. The van der Waals surface area contributed by atoms with Crippen LogP contribution in [0.4, 0.5) is 0 Å². The van der Waals surface area contributed by atoms with E-state index in [9.17, 15) is 0 Å². The number of hydrogen-bond donors (Lipinski definition) is 0. The number of aromatic nitrogens is 1. The Morgan fingerprint density at radius 2 is 2.57 bits per heavy atom. The van der Waals surface area contributed by atoms with E-state index in [-0.39, 0.29) is 18.6 Å². The molecule has 0 aromatic carbocycles. The van der Waals surface area contributed by atoms with E-state index in [1.165, 1.54) is 6.20 Å². The van der Waals surface area contributed by atoms with Crippen molar-refractivity contribution in [2.45, 2.75) is 6.92 Å². The molecule has 1 heterocycles. The average Bonchev–Trinajstić information content (AvgIpc) is 1.86. The molecule has 7 heavy (non-hydrogen) atoms. The monoisotopic (exact) mass is 133 g/mol. The van der Waals surface area contributed by atoms with Crippen LogP contribution in [0, 0.1) is 13.2 Å². The molecule has 3 heteroatoms. The topological polar surface area (TPSA) is 26.0 Å². The minimum absolute atomic E-state index is 0. The maximum Gasteiger partial charge on any atom is 0.0305 e. The van der Waals surface area contributed by atoms with Crippen LogP contribution in [0.5, 0.6) is 0 Å². The van der Waals surface area contributed by atoms with Crippen molar-refractivity contribution in [3.63, 3.8) is 0 Å². The number of hydrogen-bond acceptors (Lipinski definition) is 2. The fourth-order valence-corrected chi connectivity index (χ4v) is 0.255. The van der Waals surface area contributed by atoms with Crippen LogP contribution < -0.4 is 0 Å². The van der Waals surface area contributed by atoms with E-state index in [0.29, 0.717) is 5.89 Å². The van der Waals surface area contributed by atoms with Gasteiger partial charge in [-0.15, -0.1) is 0 Å². The van der Waals surface area contributed by atoms with Crippen LogP contribution in [0.25, 0.3) is 0 Å². The van der Waals surface area contributed by atoms with Crippen molar-refractivity contribution in [1.82, 2.24) is 4.98 Å². The van der Waals surface area contributed by atoms with E-state index in [1.54, 1.807) is 6.92 Å². The van der Waals surface area contributed by atoms with Crippen LogP contribution in [0.15, 0.2) is 10.6 Å². The van der Waals surface area contributed by atoms with Crippen LogP contribution >= 0.6 is 0 Å². The summed E-state index contributed by atoms with van der Waals surface area (Å²) in [6.45, 7) is 1.77. The van der Waals surface area contributed by atoms with E-state index < -0.39 is 0 Å². The van der Waals surface area contributed by atoms with E-state index in [0.717, 1.165) is 0 Å². The molecule has 0 fully saturated rings. The Labute approximate surface area is 53.8 Å². The Hall–Kier alpha value is -0.206. The summed E-state index contributed by atoms with van der Waals surface area (Å²) >= 11 is 0. The Balaban J connectivity index is 0.000000360. The van der Waals surface area contributed by atoms with Crippen LogP contribution in [0.3, 0.4) is 0 Å². The van der Waals surface area contributed by atoms with Crippen LogP contribution in [-0.2, 0) is 18.6 Å². The minimum atomic E-state index is 0. The molecule has 0 atom stereocenters. The number of aryl methyl sites for hydroxylation is 1. The third kappa shape index (κ3) is 1.81.